The molecule has 0 radical (unpaired) electrons. The Morgan fingerprint density at radius 3 is 2.45 bits per heavy atom. The molecule has 0 heterocycles. The van der Waals surface area contributed by atoms with Gasteiger partial charge in [0.05, 0.1) is 0 Å². The molecule has 0 aliphatic carbocycles. The normalized spacial score (nSPS) is 11.7. The molecule has 1 rings (SSSR count). The van der Waals surface area contributed by atoms with Gasteiger partial charge in [0.2, 0.25) is 0 Å². The van der Waals surface area contributed by atoms with Crippen LogP contribution in [0.3, 0.4) is 0 Å². The number of hydrogen-bond donors (Lipinski definition) is 2. The minimum absolute atomic E-state index is 0.145. The van der Waals surface area contributed by atoms with E-state index in [1.165, 1.54) is 0 Å². The van der Waals surface area contributed by atoms with Crippen LogP contribution in [0.2, 0.25) is 0 Å². The van der Waals surface area contributed by atoms with Crippen molar-refractivity contribution in [3.63, 3.8) is 0 Å². The predicted octanol–water partition coefficient (Wildman–Crippen LogP) is 3.37. The van der Waals surface area contributed by atoms with Gasteiger partial charge in [-0.2, -0.15) is 0 Å². The van der Waals surface area contributed by atoms with Gasteiger partial charge in [0.1, 0.15) is 5.75 Å². The highest BCUT2D eigenvalue weighted by Gasteiger charge is 2.13. The number of nitrogens with one attached hydrogen (secondary N) is 1. The molecule has 1 atom stereocenters. The fraction of sp³-hybridized carbons (Fsp3) is 0.500. The third-order valence-electron chi connectivity index (χ3n) is 3.11. The Bertz CT molecular complexity index is 476. The smallest absolute Gasteiger partial charge is 0.303 e. The summed E-state index contributed by atoms with van der Waals surface area (Å²) in [5.41, 5.74) is 0. The second kappa shape index (κ2) is 10.2. The SMILES string of the molecule is CC(Oc1ccc(Br)cc1)C(=O)NCCCCCCC(=O)O. The van der Waals surface area contributed by atoms with E-state index in [9.17, 15) is 9.59 Å². The summed E-state index contributed by atoms with van der Waals surface area (Å²) in [6.45, 7) is 2.30. The molecule has 0 aliphatic rings. The third kappa shape index (κ3) is 8.02. The summed E-state index contributed by atoms with van der Waals surface area (Å²) in [6.07, 6.45) is 2.98. The van der Waals surface area contributed by atoms with Crippen molar-refractivity contribution < 1.29 is 19.4 Å². The van der Waals surface area contributed by atoms with Crippen molar-refractivity contribution in [3.8, 4) is 5.75 Å². The zero-order valence-corrected chi connectivity index (χ0v) is 14.3. The molecule has 0 saturated carbocycles. The van der Waals surface area contributed by atoms with Gasteiger partial charge in [-0.1, -0.05) is 28.8 Å². The van der Waals surface area contributed by atoms with E-state index in [2.05, 4.69) is 21.2 Å². The van der Waals surface area contributed by atoms with Gasteiger partial charge in [0.15, 0.2) is 6.10 Å². The van der Waals surface area contributed by atoms with E-state index in [1.807, 2.05) is 12.1 Å². The zero-order valence-electron chi connectivity index (χ0n) is 12.7. The summed E-state index contributed by atoms with van der Waals surface area (Å²) in [7, 11) is 0. The lowest BCUT2D eigenvalue weighted by molar-refractivity contribution is -0.137. The van der Waals surface area contributed by atoms with E-state index in [0.717, 1.165) is 23.7 Å². The average molecular weight is 372 g/mol. The predicted molar refractivity (Wildman–Crippen MR) is 88.0 cm³/mol. The minimum Gasteiger partial charge on any atom is -0.481 e. The number of carboxylic acid groups (broad SMARTS) is 1. The van der Waals surface area contributed by atoms with Gasteiger partial charge >= 0.3 is 5.97 Å². The summed E-state index contributed by atoms with van der Waals surface area (Å²) < 4.78 is 6.51. The first-order chi connectivity index (χ1) is 10.5. The lowest BCUT2D eigenvalue weighted by Gasteiger charge is -2.14. The van der Waals surface area contributed by atoms with Gasteiger partial charge in [-0.3, -0.25) is 9.59 Å². The number of amides is 1. The quantitative estimate of drug-likeness (QED) is 0.618. The number of carbonyl (C=O) groups excluding carboxylic acids is 1. The van der Waals surface area contributed by atoms with E-state index in [0.29, 0.717) is 18.7 Å². The monoisotopic (exact) mass is 371 g/mol. The first-order valence-corrected chi connectivity index (χ1v) is 8.20. The molecule has 2 N–H and O–H groups in total. The molecular formula is C16H22BrNO4. The van der Waals surface area contributed by atoms with E-state index >= 15 is 0 Å². The topological polar surface area (TPSA) is 75.6 Å². The lowest BCUT2D eigenvalue weighted by Crippen LogP contribution is -2.36. The Labute approximate surface area is 139 Å². The Morgan fingerprint density at radius 1 is 1.18 bits per heavy atom. The van der Waals surface area contributed by atoms with Gasteiger partial charge < -0.3 is 15.2 Å². The molecule has 122 valence electrons. The molecule has 5 nitrogen and oxygen atoms in total. The number of benzene rings is 1. The van der Waals surface area contributed by atoms with Gasteiger partial charge in [0.25, 0.3) is 5.91 Å². The van der Waals surface area contributed by atoms with Crippen molar-refractivity contribution in [1.29, 1.82) is 0 Å². The van der Waals surface area contributed by atoms with Crippen LogP contribution in [-0.2, 0) is 9.59 Å². The molecule has 1 unspecified atom stereocenters. The first kappa shape index (κ1) is 18.5. The molecular weight excluding hydrogens is 350 g/mol. The van der Waals surface area contributed by atoms with Crippen LogP contribution in [0.5, 0.6) is 5.75 Å². The van der Waals surface area contributed by atoms with Crippen molar-refractivity contribution in [2.24, 2.45) is 0 Å². The second-order valence-corrected chi connectivity index (χ2v) is 5.98. The van der Waals surface area contributed by atoms with E-state index in [4.69, 9.17) is 9.84 Å². The molecule has 1 amide bonds. The van der Waals surface area contributed by atoms with E-state index in [1.54, 1.807) is 19.1 Å². The first-order valence-electron chi connectivity index (χ1n) is 7.41. The molecule has 0 aromatic heterocycles. The van der Waals surface area contributed by atoms with Crippen molar-refractivity contribution in [2.45, 2.75) is 45.1 Å². The highest BCUT2D eigenvalue weighted by atomic mass is 79.9. The van der Waals surface area contributed by atoms with Crippen molar-refractivity contribution >= 4 is 27.8 Å². The number of unbranched alkanes of at least 4 members (excludes halogenated alkanes) is 3. The molecule has 0 saturated heterocycles. The standard InChI is InChI=1S/C16H22BrNO4/c1-12(22-14-9-7-13(17)8-10-14)16(21)18-11-5-3-2-4-6-15(19)20/h7-10,12H,2-6,11H2,1H3,(H,18,21)(H,19,20). The van der Waals surface area contributed by atoms with Gasteiger partial charge in [0, 0.05) is 17.4 Å². The maximum atomic E-state index is 11.9. The molecule has 6 heteroatoms. The van der Waals surface area contributed by atoms with Crippen molar-refractivity contribution in [3.05, 3.63) is 28.7 Å². The molecule has 1 aromatic carbocycles. The fourth-order valence-corrected chi connectivity index (χ4v) is 2.15. The van der Waals surface area contributed by atoms with Gasteiger partial charge in [-0.15, -0.1) is 0 Å². The highest BCUT2D eigenvalue weighted by Crippen LogP contribution is 2.17. The molecule has 0 spiro atoms. The summed E-state index contributed by atoms with van der Waals surface area (Å²) in [4.78, 5) is 22.2. The number of aliphatic carboxylic acids is 1. The van der Waals surface area contributed by atoms with Crippen LogP contribution < -0.4 is 10.1 Å². The lowest BCUT2D eigenvalue weighted by atomic mass is 10.1. The summed E-state index contributed by atoms with van der Waals surface area (Å²) in [5, 5.41) is 11.3. The number of rotatable bonds is 10. The number of carbonyl (C=O) groups is 2. The van der Waals surface area contributed by atoms with Crippen LogP contribution in [0.25, 0.3) is 0 Å². The van der Waals surface area contributed by atoms with E-state index in [-0.39, 0.29) is 12.3 Å². The number of halogens is 1. The Kier molecular flexibility index (Phi) is 8.58. The maximum Gasteiger partial charge on any atom is 0.303 e. The molecule has 0 fully saturated rings. The van der Waals surface area contributed by atoms with E-state index < -0.39 is 12.1 Å². The largest absolute Gasteiger partial charge is 0.481 e. The van der Waals surface area contributed by atoms with Crippen LogP contribution in [0.4, 0.5) is 0 Å². The van der Waals surface area contributed by atoms with Crippen LogP contribution >= 0.6 is 15.9 Å². The zero-order chi connectivity index (χ0) is 16.4. The maximum absolute atomic E-state index is 11.9. The summed E-state index contributed by atoms with van der Waals surface area (Å²) in [6, 6.07) is 7.32. The van der Waals surface area contributed by atoms with Crippen molar-refractivity contribution in [2.75, 3.05) is 6.54 Å². The van der Waals surface area contributed by atoms with Crippen LogP contribution in [-0.4, -0.2) is 29.6 Å². The van der Waals surface area contributed by atoms with Crippen LogP contribution in [0, 0.1) is 0 Å². The number of carboxylic acids is 1. The summed E-state index contributed by atoms with van der Waals surface area (Å²) in [5.74, 6) is -0.250. The number of hydrogen-bond acceptors (Lipinski definition) is 3. The minimum atomic E-state index is -0.757. The second-order valence-electron chi connectivity index (χ2n) is 5.06. The third-order valence-corrected chi connectivity index (χ3v) is 3.64. The fourth-order valence-electron chi connectivity index (χ4n) is 1.88. The van der Waals surface area contributed by atoms with Crippen LogP contribution in [0.15, 0.2) is 28.7 Å². The van der Waals surface area contributed by atoms with Crippen molar-refractivity contribution in [1.82, 2.24) is 5.32 Å². The Hall–Kier alpha value is -1.56. The average Bonchev–Trinajstić information content (AvgIpc) is 2.48. The molecule has 0 aliphatic heterocycles. The Balaban J connectivity index is 2.13. The van der Waals surface area contributed by atoms with Gasteiger partial charge in [-0.25, -0.2) is 0 Å². The molecule has 0 bridgehead atoms. The highest BCUT2D eigenvalue weighted by molar-refractivity contribution is 9.10. The summed E-state index contributed by atoms with van der Waals surface area (Å²) >= 11 is 3.34. The molecule has 22 heavy (non-hydrogen) atoms. The number of ether oxygens (including phenoxy) is 1. The van der Waals surface area contributed by atoms with Crippen LogP contribution in [0.1, 0.15) is 39.0 Å². The van der Waals surface area contributed by atoms with Gasteiger partial charge in [-0.05, 0) is 44.0 Å². The Morgan fingerprint density at radius 2 is 1.82 bits per heavy atom. The molecule has 1 aromatic rings.